The van der Waals surface area contributed by atoms with Crippen LogP contribution in [0.2, 0.25) is 0 Å². The molecule has 2 amide bonds. The van der Waals surface area contributed by atoms with Gasteiger partial charge >= 0.3 is 0 Å². The van der Waals surface area contributed by atoms with Crippen molar-refractivity contribution in [2.75, 3.05) is 13.1 Å². The molecule has 0 atom stereocenters. The third kappa shape index (κ3) is 6.28. The normalized spacial score (nSPS) is 13.5. The molecule has 0 aromatic heterocycles. The Morgan fingerprint density at radius 1 is 0.862 bits per heavy atom. The lowest BCUT2D eigenvalue weighted by Gasteiger charge is -2.13. The molecule has 0 saturated heterocycles. The summed E-state index contributed by atoms with van der Waals surface area (Å²) in [5.41, 5.74) is 2.86. The molecule has 0 bridgehead atoms. The smallest absolute Gasteiger partial charge is 0.251 e. The van der Waals surface area contributed by atoms with Crippen LogP contribution < -0.4 is 10.6 Å². The van der Waals surface area contributed by atoms with Gasteiger partial charge in [0.25, 0.3) is 11.8 Å². The van der Waals surface area contributed by atoms with E-state index in [-0.39, 0.29) is 17.6 Å². The minimum Gasteiger partial charge on any atom is -0.352 e. The van der Waals surface area contributed by atoms with Crippen molar-refractivity contribution in [3.8, 4) is 0 Å². The van der Waals surface area contributed by atoms with Crippen molar-refractivity contribution >= 4 is 11.8 Å². The van der Waals surface area contributed by atoms with E-state index in [0.29, 0.717) is 36.2 Å². The summed E-state index contributed by atoms with van der Waals surface area (Å²) in [6, 6.07) is 13.2. The van der Waals surface area contributed by atoms with Gasteiger partial charge in [-0.1, -0.05) is 35.9 Å². The maximum atomic E-state index is 13.6. The van der Waals surface area contributed by atoms with Crippen molar-refractivity contribution in [1.29, 1.82) is 0 Å². The van der Waals surface area contributed by atoms with E-state index in [1.807, 2.05) is 0 Å². The first-order valence-electron chi connectivity index (χ1n) is 10.2. The Bertz CT molecular complexity index is 892. The number of hydrogen-bond acceptors (Lipinski definition) is 2. The van der Waals surface area contributed by atoms with Gasteiger partial charge in [0, 0.05) is 24.2 Å². The Kier molecular flexibility index (Phi) is 7.56. The molecule has 1 aliphatic rings. The fraction of sp³-hybridized carbons (Fsp3) is 0.333. The van der Waals surface area contributed by atoms with Crippen molar-refractivity contribution < 1.29 is 14.0 Å². The van der Waals surface area contributed by atoms with E-state index in [9.17, 15) is 14.0 Å². The SMILES string of the molecule is O=C(NCCC1=CCCCC1)c1cccc(C(=O)NCCc2ccccc2F)c1. The summed E-state index contributed by atoms with van der Waals surface area (Å²) in [6.45, 7) is 0.926. The van der Waals surface area contributed by atoms with Gasteiger partial charge in [0.1, 0.15) is 5.82 Å². The number of rotatable bonds is 8. The van der Waals surface area contributed by atoms with E-state index in [1.165, 1.54) is 24.5 Å². The molecular formula is C24H27FN2O2. The van der Waals surface area contributed by atoms with E-state index in [0.717, 1.165) is 19.3 Å². The van der Waals surface area contributed by atoms with Gasteiger partial charge in [-0.15, -0.1) is 0 Å². The van der Waals surface area contributed by atoms with Crippen LogP contribution in [0.1, 0.15) is 58.4 Å². The summed E-state index contributed by atoms with van der Waals surface area (Å²) < 4.78 is 13.6. The van der Waals surface area contributed by atoms with Crippen LogP contribution in [0.25, 0.3) is 0 Å². The molecule has 0 saturated carbocycles. The van der Waals surface area contributed by atoms with Crippen molar-refractivity contribution in [1.82, 2.24) is 10.6 Å². The van der Waals surface area contributed by atoms with Crippen molar-refractivity contribution in [3.63, 3.8) is 0 Å². The minimum atomic E-state index is -0.275. The number of benzene rings is 2. The summed E-state index contributed by atoms with van der Waals surface area (Å²) in [7, 11) is 0. The molecular weight excluding hydrogens is 367 g/mol. The maximum absolute atomic E-state index is 13.6. The number of halogens is 1. The van der Waals surface area contributed by atoms with E-state index in [1.54, 1.807) is 42.5 Å². The van der Waals surface area contributed by atoms with Gasteiger partial charge < -0.3 is 10.6 Å². The first-order chi connectivity index (χ1) is 14.1. The molecule has 2 aromatic carbocycles. The number of amides is 2. The monoisotopic (exact) mass is 394 g/mol. The lowest BCUT2D eigenvalue weighted by atomic mass is 9.97. The second-order valence-electron chi connectivity index (χ2n) is 7.29. The highest BCUT2D eigenvalue weighted by atomic mass is 19.1. The number of carbonyl (C=O) groups excluding carboxylic acids is 2. The van der Waals surface area contributed by atoms with Crippen LogP contribution in [0.5, 0.6) is 0 Å². The molecule has 1 aliphatic carbocycles. The van der Waals surface area contributed by atoms with Crippen LogP contribution >= 0.6 is 0 Å². The molecule has 0 aliphatic heterocycles. The zero-order chi connectivity index (χ0) is 20.5. The Morgan fingerprint density at radius 2 is 1.55 bits per heavy atom. The number of hydrogen-bond donors (Lipinski definition) is 2. The van der Waals surface area contributed by atoms with Crippen molar-refractivity contribution in [3.05, 3.63) is 82.7 Å². The van der Waals surface area contributed by atoms with Crippen LogP contribution in [0.4, 0.5) is 4.39 Å². The Morgan fingerprint density at radius 3 is 2.21 bits per heavy atom. The van der Waals surface area contributed by atoms with Gasteiger partial charge in [-0.2, -0.15) is 0 Å². The predicted molar refractivity (Wildman–Crippen MR) is 112 cm³/mol. The third-order valence-electron chi connectivity index (χ3n) is 5.14. The van der Waals surface area contributed by atoms with Gasteiger partial charge in [0.05, 0.1) is 0 Å². The zero-order valence-electron chi connectivity index (χ0n) is 16.5. The topological polar surface area (TPSA) is 58.2 Å². The van der Waals surface area contributed by atoms with Gasteiger partial charge in [-0.3, -0.25) is 9.59 Å². The molecule has 152 valence electrons. The molecule has 2 N–H and O–H groups in total. The maximum Gasteiger partial charge on any atom is 0.251 e. The van der Waals surface area contributed by atoms with Gasteiger partial charge in [0.15, 0.2) is 0 Å². The van der Waals surface area contributed by atoms with Crippen LogP contribution in [0.15, 0.2) is 60.2 Å². The third-order valence-corrected chi connectivity index (χ3v) is 5.14. The lowest BCUT2D eigenvalue weighted by molar-refractivity contribution is 0.0953. The fourth-order valence-corrected chi connectivity index (χ4v) is 3.49. The lowest BCUT2D eigenvalue weighted by Crippen LogP contribution is -2.27. The fourth-order valence-electron chi connectivity index (χ4n) is 3.49. The number of carbonyl (C=O) groups is 2. The van der Waals surface area contributed by atoms with Crippen LogP contribution in [-0.2, 0) is 6.42 Å². The molecule has 0 spiro atoms. The quantitative estimate of drug-likeness (QED) is 0.651. The molecule has 29 heavy (non-hydrogen) atoms. The predicted octanol–water partition coefficient (Wildman–Crippen LogP) is 4.42. The summed E-state index contributed by atoms with van der Waals surface area (Å²) >= 11 is 0. The highest BCUT2D eigenvalue weighted by Crippen LogP contribution is 2.19. The van der Waals surface area contributed by atoms with Crippen molar-refractivity contribution in [2.45, 2.75) is 38.5 Å². The van der Waals surface area contributed by atoms with Gasteiger partial charge in [-0.25, -0.2) is 4.39 Å². The molecule has 4 nitrogen and oxygen atoms in total. The molecule has 3 rings (SSSR count). The first-order valence-corrected chi connectivity index (χ1v) is 10.2. The Hall–Kier alpha value is -2.95. The molecule has 0 fully saturated rings. The highest BCUT2D eigenvalue weighted by molar-refractivity contribution is 5.99. The molecule has 2 aromatic rings. The summed E-state index contributed by atoms with van der Waals surface area (Å²) in [4.78, 5) is 24.8. The van der Waals surface area contributed by atoms with E-state index in [2.05, 4.69) is 16.7 Å². The highest BCUT2D eigenvalue weighted by Gasteiger charge is 2.11. The summed E-state index contributed by atoms with van der Waals surface area (Å²) in [6.07, 6.45) is 8.31. The van der Waals surface area contributed by atoms with Crippen LogP contribution in [-0.4, -0.2) is 24.9 Å². The first kappa shape index (κ1) is 20.8. The van der Waals surface area contributed by atoms with E-state index < -0.39 is 0 Å². The van der Waals surface area contributed by atoms with E-state index >= 15 is 0 Å². The summed E-state index contributed by atoms with van der Waals surface area (Å²) in [5, 5.41) is 5.71. The molecule has 0 heterocycles. The number of nitrogens with one attached hydrogen (secondary N) is 2. The second kappa shape index (κ2) is 10.6. The second-order valence-corrected chi connectivity index (χ2v) is 7.29. The average Bonchev–Trinajstić information content (AvgIpc) is 2.76. The Balaban J connectivity index is 1.48. The van der Waals surface area contributed by atoms with Crippen molar-refractivity contribution in [2.24, 2.45) is 0 Å². The van der Waals surface area contributed by atoms with Gasteiger partial charge in [-0.05, 0) is 68.4 Å². The van der Waals surface area contributed by atoms with Gasteiger partial charge in [0.2, 0.25) is 0 Å². The minimum absolute atomic E-state index is 0.178. The Labute approximate surface area is 171 Å². The molecule has 0 radical (unpaired) electrons. The van der Waals surface area contributed by atoms with E-state index in [4.69, 9.17) is 0 Å². The standard InChI is InChI=1S/C24H27FN2O2/c25-22-12-5-4-9-19(22)14-16-27-24(29)21-11-6-10-20(17-21)23(28)26-15-13-18-7-2-1-3-8-18/h4-7,9-12,17H,1-3,8,13-16H2,(H,26,28)(H,27,29). The van der Waals surface area contributed by atoms with Crippen LogP contribution in [0.3, 0.4) is 0 Å². The largest absolute Gasteiger partial charge is 0.352 e. The average molecular weight is 394 g/mol. The zero-order valence-corrected chi connectivity index (χ0v) is 16.5. The molecule has 0 unspecified atom stereocenters. The van der Waals surface area contributed by atoms with Crippen LogP contribution in [0, 0.1) is 5.82 Å². The molecule has 5 heteroatoms. The summed E-state index contributed by atoms with van der Waals surface area (Å²) in [5.74, 6) is -0.727. The number of allylic oxidation sites excluding steroid dienone is 1.